The zero-order valence-corrected chi connectivity index (χ0v) is 12.6. The largest absolute Gasteiger partial charge is 0.386 e. The number of amidine groups is 1. The lowest BCUT2D eigenvalue weighted by Crippen LogP contribution is -2.33. The van der Waals surface area contributed by atoms with E-state index in [0.717, 1.165) is 35.4 Å². The van der Waals surface area contributed by atoms with Crippen LogP contribution in [0.2, 0.25) is 5.02 Å². The Hall–Kier alpha value is -0.930. The van der Waals surface area contributed by atoms with Gasteiger partial charge >= 0.3 is 0 Å². The van der Waals surface area contributed by atoms with Gasteiger partial charge in [-0.2, -0.15) is 0 Å². The summed E-state index contributed by atoms with van der Waals surface area (Å²) in [6.45, 7) is 4.30. The monoisotopic (exact) mass is 299 g/mol. The van der Waals surface area contributed by atoms with E-state index in [1.807, 2.05) is 18.2 Å². The van der Waals surface area contributed by atoms with Gasteiger partial charge in [0.15, 0.2) is 0 Å². The molecule has 1 aliphatic rings. The van der Waals surface area contributed by atoms with Gasteiger partial charge in [-0.3, -0.25) is 0 Å². The molecule has 1 saturated heterocycles. The molecule has 19 heavy (non-hydrogen) atoms. The lowest BCUT2D eigenvalue weighted by Gasteiger charge is -2.33. The summed E-state index contributed by atoms with van der Waals surface area (Å²) >= 11 is 12.0. The molecule has 0 unspecified atom stereocenters. The fourth-order valence-corrected chi connectivity index (χ4v) is 2.67. The number of rotatable bonds is 3. The van der Waals surface area contributed by atoms with Crippen molar-refractivity contribution in [2.75, 3.05) is 23.9 Å². The molecule has 0 aliphatic carbocycles. The minimum atomic E-state index is 0.225. The van der Waals surface area contributed by atoms with Crippen LogP contribution in [0.25, 0.3) is 0 Å². The van der Waals surface area contributed by atoms with Gasteiger partial charge in [-0.1, -0.05) is 24.6 Å². The predicted molar refractivity (Wildman–Crippen MR) is 84.1 cm³/mol. The van der Waals surface area contributed by atoms with Crippen LogP contribution in [0.1, 0.15) is 19.8 Å². The number of nitrogens with zero attached hydrogens (tertiary/aromatic N) is 2. The van der Waals surface area contributed by atoms with Gasteiger partial charge in [0, 0.05) is 13.1 Å². The third kappa shape index (κ3) is 3.54. The van der Waals surface area contributed by atoms with Gasteiger partial charge in [0.2, 0.25) is 0 Å². The molecule has 1 aromatic carbocycles. The second-order valence-corrected chi connectivity index (χ2v) is 5.69. The third-order valence-electron chi connectivity index (χ3n) is 3.47. The standard InChI is InChI=1S/C14H19Cl2N3/c1-10-5-7-19(8-6-10)14-11(16)3-2-4-12(14)18-13(17)9-15/h2-4,10H,5-9H2,1H3,(H2,17,18). The first-order valence-corrected chi connectivity index (χ1v) is 7.45. The first kappa shape index (κ1) is 14.5. The van der Waals surface area contributed by atoms with E-state index in [1.165, 1.54) is 12.8 Å². The number of piperidine rings is 1. The summed E-state index contributed by atoms with van der Waals surface area (Å²) in [5.74, 6) is 1.41. The van der Waals surface area contributed by atoms with Gasteiger partial charge in [0.05, 0.1) is 22.3 Å². The van der Waals surface area contributed by atoms with Gasteiger partial charge in [-0.15, -0.1) is 11.6 Å². The molecular formula is C14H19Cl2N3. The van der Waals surface area contributed by atoms with Crippen LogP contribution < -0.4 is 10.6 Å². The molecule has 1 heterocycles. The number of hydrogen-bond acceptors (Lipinski definition) is 2. The van der Waals surface area contributed by atoms with Gasteiger partial charge in [0.25, 0.3) is 0 Å². The van der Waals surface area contributed by atoms with Crippen LogP contribution in [0.5, 0.6) is 0 Å². The average Bonchev–Trinajstić information content (AvgIpc) is 2.40. The molecule has 1 fully saturated rings. The van der Waals surface area contributed by atoms with E-state index < -0.39 is 0 Å². The molecule has 0 spiro atoms. The predicted octanol–water partition coefficient (Wildman–Crippen LogP) is 3.80. The van der Waals surface area contributed by atoms with E-state index in [-0.39, 0.29) is 5.88 Å². The number of aliphatic imine (C=N–C) groups is 1. The summed E-state index contributed by atoms with van der Waals surface area (Å²) in [4.78, 5) is 6.66. The molecule has 2 rings (SSSR count). The van der Waals surface area contributed by atoms with Gasteiger partial charge < -0.3 is 10.6 Å². The maximum atomic E-state index is 6.34. The number of benzene rings is 1. The fourth-order valence-electron chi connectivity index (χ4n) is 2.32. The zero-order valence-electron chi connectivity index (χ0n) is 11.1. The first-order chi connectivity index (χ1) is 9.11. The van der Waals surface area contributed by atoms with Crippen molar-refractivity contribution in [2.24, 2.45) is 16.6 Å². The summed E-state index contributed by atoms with van der Waals surface area (Å²) in [5, 5.41) is 0.721. The Labute approximate surface area is 124 Å². The van der Waals surface area contributed by atoms with Crippen LogP contribution in [0, 0.1) is 5.92 Å². The molecule has 104 valence electrons. The summed E-state index contributed by atoms with van der Waals surface area (Å²) in [6.07, 6.45) is 2.36. The van der Waals surface area contributed by atoms with Crippen LogP contribution in [0.15, 0.2) is 23.2 Å². The normalized spacial score (nSPS) is 17.8. The smallest absolute Gasteiger partial charge is 0.115 e. The van der Waals surface area contributed by atoms with Gasteiger partial charge in [0.1, 0.15) is 5.84 Å². The topological polar surface area (TPSA) is 41.6 Å². The Bertz CT molecular complexity index is 466. The van der Waals surface area contributed by atoms with Gasteiger partial charge in [-0.05, 0) is 30.9 Å². The maximum Gasteiger partial charge on any atom is 0.115 e. The van der Waals surface area contributed by atoms with Crippen molar-refractivity contribution >= 4 is 40.4 Å². The van der Waals surface area contributed by atoms with Crippen molar-refractivity contribution in [3.05, 3.63) is 23.2 Å². The van der Waals surface area contributed by atoms with Crippen molar-refractivity contribution in [1.82, 2.24) is 0 Å². The summed E-state index contributed by atoms with van der Waals surface area (Å²) in [7, 11) is 0. The highest BCUT2D eigenvalue weighted by atomic mass is 35.5. The third-order valence-corrected chi connectivity index (χ3v) is 4.05. The van der Waals surface area contributed by atoms with E-state index in [0.29, 0.717) is 5.84 Å². The number of alkyl halides is 1. The van der Waals surface area contributed by atoms with Crippen LogP contribution in [-0.2, 0) is 0 Å². The molecular weight excluding hydrogens is 281 g/mol. The first-order valence-electron chi connectivity index (χ1n) is 6.54. The molecule has 1 aliphatic heterocycles. The van der Waals surface area contributed by atoms with Crippen molar-refractivity contribution in [3.8, 4) is 0 Å². The molecule has 0 aromatic heterocycles. The highest BCUT2D eigenvalue weighted by molar-refractivity contribution is 6.34. The molecule has 3 nitrogen and oxygen atoms in total. The zero-order chi connectivity index (χ0) is 13.8. The van der Waals surface area contributed by atoms with Crippen LogP contribution in [0.4, 0.5) is 11.4 Å². The number of nitrogens with two attached hydrogens (primary N) is 1. The van der Waals surface area contributed by atoms with Crippen LogP contribution in [0.3, 0.4) is 0 Å². The Morgan fingerprint density at radius 1 is 1.42 bits per heavy atom. The highest BCUT2D eigenvalue weighted by Crippen LogP contribution is 2.37. The van der Waals surface area contributed by atoms with E-state index >= 15 is 0 Å². The molecule has 0 radical (unpaired) electrons. The quantitative estimate of drug-likeness (QED) is 0.524. The molecule has 5 heteroatoms. The molecule has 0 saturated carbocycles. The van der Waals surface area contributed by atoms with E-state index in [4.69, 9.17) is 28.9 Å². The van der Waals surface area contributed by atoms with E-state index in [1.54, 1.807) is 0 Å². The van der Waals surface area contributed by atoms with Gasteiger partial charge in [-0.25, -0.2) is 4.99 Å². The summed E-state index contributed by atoms with van der Waals surface area (Å²) in [5.41, 5.74) is 7.51. The second-order valence-electron chi connectivity index (χ2n) is 5.01. The van der Waals surface area contributed by atoms with Crippen molar-refractivity contribution < 1.29 is 0 Å². The molecule has 0 atom stereocenters. The van der Waals surface area contributed by atoms with Crippen LogP contribution in [-0.4, -0.2) is 24.8 Å². The number of halogens is 2. The summed E-state index contributed by atoms with van der Waals surface area (Å²) < 4.78 is 0. The average molecular weight is 300 g/mol. The van der Waals surface area contributed by atoms with Crippen molar-refractivity contribution in [2.45, 2.75) is 19.8 Å². The molecule has 1 aromatic rings. The lowest BCUT2D eigenvalue weighted by molar-refractivity contribution is 0.438. The Kier molecular flexibility index (Phi) is 4.94. The number of para-hydroxylation sites is 1. The number of hydrogen-bond donors (Lipinski definition) is 1. The summed E-state index contributed by atoms with van der Waals surface area (Å²) in [6, 6.07) is 5.71. The molecule has 0 bridgehead atoms. The second kappa shape index (κ2) is 6.49. The SMILES string of the molecule is CC1CCN(c2c(Cl)cccc2N=C(N)CCl)CC1. The highest BCUT2D eigenvalue weighted by Gasteiger charge is 2.20. The van der Waals surface area contributed by atoms with E-state index in [9.17, 15) is 0 Å². The maximum absolute atomic E-state index is 6.34. The van der Waals surface area contributed by atoms with E-state index in [2.05, 4.69) is 16.8 Å². The Morgan fingerprint density at radius 2 is 2.11 bits per heavy atom. The lowest BCUT2D eigenvalue weighted by atomic mass is 9.98. The Balaban J connectivity index is 2.33. The minimum Gasteiger partial charge on any atom is -0.386 e. The van der Waals surface area contributed by atoms with Crippen LogP contribution >= 0.6 is 23.2 Å². The van der Waals surface area contributed by atoms with Crippen molar-refractivity contribution in [1.29, 1.82) is 0 Å². The molecule has 0 amide bonds. The fraction of sp³-hybridized carbons (Fsp3) is 0.500. The molecule has 2 N–H and O–H groups in total. The Morgan fingerprint density at radius 3 is 2.74 bits per heavy atom. The minimum absolute atomic E-state index is 0.225. The number of anilines is 1. The van der Waals surface area contributed by atoms with Crippen molar-refractivity contribution in [3.63, 3.8) is 0 Å².